The normalized spacial score (nSPS) is 16.1. The number of fused-ring (bicyclic) bond motifs is 1. The van der Waals surface area contributed by atoms with Crippen molar-refractivity contribution >= 4 is 34.8 Å². The molecule has 0 saturated carbocycles. The summed E-state index contributed by atoms with van der Waals surface area (Å²) in [4.78, 5) is 23.7. The molecule has 2 N–H and O–H groups in total. The van der Waals surface area contributed by atoms with Crippen molar-refractivity contribution in [3.8, 4) is 5.75 Å². The maximum absolute atomic E-state index is 12.1. The SMILES string of the molecule is C[C@H]1Oc2ccc(NC(=O)Cc3ccc(Cl)cc3)cc2NC1=O. The number of nitrogens with one attached hydrogen (secondary N) is 2. The minimum absolute atomic E-state index is 0.149. The molecule has 1 aliphatic rings. The van der Waals surface area contributed by atoms with Crippen LogP contribution in [-0.4, -0.2) is 17.9 Å². The molecular weight excluding hydrogens is 316 g/mol. The number of benzene rings is 2. The van der Waals surface area contributed by atoms with Crippen LogP contribution in [0.2, 0.25) is 5.02 Å². The summed E-state index contributed by atoms with van der Waals surface area (Å²) < 4.78 is 5.47. The van der Waals surface area contributed by atoms with Gasteiger partial charge in [-0.15, -0.1) is 0 Å². The minimum atomic E-state index is -0.521. The zero-order valence-corrected chi connectivity index (χ0v) is 13.2. The summed E-state index contributed by atoms with van der Waals surface area (Å²) >= 11 is 5.82. The molecule has 23 heavy (non-hydrogen) atoms. The summed E-state index contributed by atoms with van der Waals surface area (Å²) in [5, 5.41) is 6.18. The third-order valence-electron chi connectivity index (χ3n) is 3.47. The minimum Gasteiger partial charge on any atom is -0.479 e. The molecule has 1 heterocycles. The Kier molecular flexibility index (Phi) is 4.21. The van der Waals surface area contributed by atoms with E-state index in [9.17, 15) is 9.59 Å². The van der Waals surface area contributed by atoms with Crippen LogP contribution in [0.3, 0.4) is 0 Å². The number of carbonyl (C=O) groups excluding carboxylic acids is 2. The fourth-order valence-corrected chi connectivity index (χ4v) is 2.41. The Morgan fingerprint density at radius 2 is 2.00 bits per heavy atom. The van der Waals surface area contributed by atoms with Crippen molar-refractivity contribution in [1.29, 1.82) is 0 Å². The molecule has 0 radical (unpaired) electrons. The van der Waals surface area contributed by atoms with Crippen LogP contribution in [0, 0.1) is 0 Å². The zero-order valence-electron chi connectivity index (χ0n) is 12.4. The lowest BCUT2D eigenvalue weighted by molar-refractivity contribution is -0.122. The lowest BCUT2D eigenvalue weighted by atomic mass is 10.1. The summed E-state index contributed by atoms with van der Waals surface area (Å²) in [6.45, 7) is 1.68. The van der Waals surface area contributed by atoms with E-state index in [1.54, 1.807) is 37.3 Å². The van der Waals surface area contributed by atoms with E-state index in [1.165, 1.54) is 0 Å². The van der Waals surface area contributed by atoms with Crippen LogP contribution >= 0.6 is 11.6 Å². The van der Waals surface area contributed by atoms with Crippen LogP contribution in [0.5, 0.6) is 5.75 Å². The van der Waals surface area contributed by atoms with Crippen molar-refractivity contribution in [1.82, 2.24) is 0 Å². The predicted octanol–water partition coefficient (Wildman–Crippen LogP) is 3.24. The fraction of sp³-hybridized carbons (Fsp3) is 0.176. The number of hydrogen-bond acceptors (Lipinski definition) is 3. The lowest BCUT2D eigenvalue weighted by Crippen LogP contribution is -2.34. The van der Waals surface area contributed by atoms with Crippen molar-refractivity contribution in [2.75, 3.05) is 10.6 Å². The van der Waals surface area contributed by atoms with Crippen LogP contribution in [0.25, 0.3) is 0 Å². The van der Waals surface area contributed by atoms with Crippen molar-refractivity contribution in [2.24, 2.45) is 0 Å². The molecule has 1 aliphatic heterocycles. The van der Waals surface area contributed by atoms with Gasteiger partial charge >= 0.3 is 0 Å². The van der Waals surface area contributed by atoms with E-state index in [0.29, 0.717) is 22.1 Å². The smallest absolute Gasteiger partial charge is 0.265 e. The second-order valence-corrected chi connectivity index (χ2v) is 5.75. The van der Waals surface area contributed by atoms with E-state index in [1.807, 2.05) is 12.1 Å². The van der Waals surface area contributed by atoms with Crippen LogP contribution < -0.4 is 15.4 Å². The van der Waals surface area contributed by atoms with Crippen molar-refractivity contribution in [3.63, 3.8) is 0 Å². The monoisotopic (exact) mass is 330 g/mol. The quantitative estimate of drug-likeness (QED) is 0.907. The molecule has 118 valence electrons. The first-order chi connectivity index (χ1) is 11.0. The number of hydrogen-bond donors (Lipinski definition) is 2. The summed E-state index contributed by atoms with van der Waals surface area (Å²) in [5.41, 5.74) is 2.02. The highest BCUT2D eigenvalue weighted by Gasteiger charge is 2.23. The van der Waals surface area contributed by atoms with Gasteiger partial charge in [-0.3, -0.25) is 9.59 Å². The second kappa shape index (κ2) is 6.30. The maximum atomic E-state index is 12.1. The van der Waals surface area contributed by atoms with Gasteiger partial charge in [0.25, 0.3) is 5.91 Å². The van der Waals surface area contributed by atoms with E-state index >= 15 is 0 Å². The summed E-state index contributed by atoms with van der Waals surface area (Å²) in [5.74, 6) is 0.235. The zero-order chi connectivity index (χ0) is 16.4. The van der Waals surface area contributed by atoms with E-state index in [-0.39, 0.29) is 18.2 Å². The van der Waals surface area contributed by atoms with Gasteiger partial charge in [-0.1, -0.05) is 23.7 Å². The molecule has 0 unspecified atom stereocenters. The van der Waals surface area contributed by atoms with Crippen LogP contribution in [0.15, 0.2) is 42.5 Å². The predicted molar refractivity (Wildman–Crippen MR) is 88.9 cm³/mol. The van der Waals surface area contributed by atoms with Gasteiger partial charge < -0.3 is 15.4 Å². The first-order valence-electron chi connectivity index (χ1n) is 7.17. The van der Waals surface area contributed by atoms with E-state index < -0.39 is 6.10 Å². The molecule has 2 amide bonds. The number of ether oxygens (including phenoxy) is 1. The molecule has 3 rings (SSSR count). The molecule has 0 fully saturated rings. The topological polar surface area (TPSA) is 67.4 Å². The highest BCUT2D eigenvalue weighted by molar-refractivity contribution is 6.30. The van der Waals surface area contributed by atoms with Gasteiger partial charge in [0.1, 0.15) is 5.75 Å². The number of rotatable bonds is 3. The average Bonchev–Trinajstić information content (AvgIpc) is 2.51. The molecule has 5 nitrogen and oxygen atoms in total. The standard InChI is InChI=1S/C17H15ClN2O3/c1-10-17(22)20-14-9-13(6-7-15(14)23-10)19-16(21)8-11-2-4-12(18)5-3-11/h2-7,9-10H,8H2,1H3,(H,19,21)(H,20,22)/t10-/m1/s1. The highest BCUT2D eigenvalue weighted by atomic mass is 35.5. The Hall–Kier alpha value is -2.53. The van der Waals surface area contributed by atoms with Gasteiger partial charge in [0, 0.05) is 10.7 Å². The van der Waals surface area contributed by atoms with Gasteiger partial charge in [-0.25, -0.2) is 0 Å². The first kappa shape index (κ1) is 15.4. The molecule has 2 aromatic rings. The molecule has 6 heteroatoms. The van der Waals surface area contributed by atoms with Crippen molar-refractivity contribution in [3.05, 3.63) is 53.1 Å². The van der Waals surface area contributed by atoms with Gasteiger partial charge in [-0.05, 0) is 42.8 Å². The van der Waals surface area contributed by atoms with Gasteiger partial charge in [-0.2, -0.15) is 0 Å². The van der Waals surface area contributed by atoms with Gasteiger partial charge in [0.2, 0.25) is 5.91 Å². The third-order valence-corrected chi connectivity index (χ3v) is 3.72. The van der Waals surface area contributed by atoms with Crippen LogP contribution in [-0.2, 0) is 16.0 Å². The molecule has 2 aromatic carbocycles. The van der Waals surface area contributed by atoms with E-state index in [0.717, 1.165) is 5.56 Å². The molecule has 0 bridgehead atoms. The van der Waals surface area contributed by atoms with Crippen LogP contribution in [0.4, 0.5) is 11.4 Å². The number of carbonyl (C=O) groups is 2. The largest absolute Gasteiger partial charge is 0.479 e. The van der Waals surface area contributed by atoms with Crippen LogP contribution in [0.1, 0.15) is 12.5 Å². The van der Waals surface area contributed by atoms with E-state index in [4.69, 9.17) is 16.3 Å². The molecule has 0 saturated heterocycles. The molecule has 0 spiro atoms. The Labute approximate surface area is 138 Å². The Morgan fingerprint density at radius 3 is 2.74 bits per heavy atom. The second-order valence-electron chi connectivity index (χ2n) is 5.31. The van der Waals surface area contributed by atoms with E-state index in [2.05, 4.69) is 10.6 Å². The fourth-order valence-electron chi connectivity index (χ4n) is 2.28. The number of anilines is 2. The molecular formula is C17H15ClN2O3. The van der Waals surface area contributed by atoms with Gasteiger partial charge in [0.15, 0.2) is 6.10 Å². The number of amides is 2. The summed E-state index contributed by atoms with van der Waals surface area (Å²) in [6.07, 6.45) is -0.276. The van der Waals surface area contributed by atoms with Crippen molar-refractivity contribution < 1.29 is 14.3 Å². The van der Waals surface area contributed by atoms with Gasteiger partial charge in [0.05, 0.1) is 12.1 Å². The Balaban J connectivity index is 1.68. The Morgan fingerprint density at radius 1 is 1.26 bits per heavy atom. The summed E-state index contributed by atoms with van der Waals surface area (Å²) in [7, 11) is 0. The average molecular weight is 331 g/mol. The highest BCUT2D eigenvalue weighted by Crippen LogP contribution is 2.32. The first-order valence-corrected chi connectivity index (χ1v) is 7.55. The summed E-state index contributed by atoms with van der Waals surface area (Å²) in [6, 6.07) is 12.3. The number of halogens is 1. The third kappa shape index (κ3) is 3.63. The maximum Gasteiger partial charge on any atom is 0.265 e. The molecule has 0 aromatic heterocycles. The molecule has 0 aliphatic carbocycles. The Bertz CT molecular complexity index is 759. The van der Waals surface area contributed by atoms with Crippen molar-refractivity contribution in [2.45, 2.75) is 19.4 Å². The lowest BCUT2D eigenvalue weighted by Gasteiger charge is -2.23. The molecule has 1 atom stereocenters.